The molecule has 1 aliphatic rings. The third kappa shape index (κ3) is 2.17. The van der Waals surface area contributed by atoms with E-state index in [1.165, 1.54) is 7.11 Å². The van der Waals surface area contributed by atoms with Gasteiger partial charge in [-0.25, -0.2) is 0 Å². The van der Waals surface area contributed by atoms with Gasteiger partial charge in [0.1, 0.15) is 11.2 Å². The van der Waals surface area contributed by atoms with Crippen molar-refractivity contribution < 1.29 is 14.3 Å². The van der Waals surface area contributed by atoms with E-state index < -0.39 is 11.4 Å². The van der Waals surface area contributed by atoms with Crippen LogP contribution in [0.4, 0.5) is 0 Å². The molecule has 1 saturated carbocycles. The molecule has 1 fully saturated rings. The molecule has 0 aromatic rings. The first-order valence-electron chi connectivity index (χ1n) is 5.16. The van der Waals surface area contributed by atoms with Crippen LogP contribution in [-0.2, 0) is 14.3 Å². The average Bonchev–Trinajstić information content (AvgIpc) is 2.27. The highest BCUT2D eigenvalue weighted by molar-refractivity contribution is 6.04. The Bertz CT molecular complexity index is 295. The number of ether oxygens (including phenoxy) is 1. The van der Waals surface area contributed by atoms with Gasteiger partial charge in [0.15, 0.2) is 0 Å². The van der Waals surface area contributed by atoms with Crippen molar-refractivity contribution in [1.29, 1.82) is 5.26 Å². The van der Waals surface area contributed by atoms with E-state index in [-0.39, 0.29) is 12.2 Å². The number of methoxy groups -OCH3 is 1. The van der Waals surface area contributed by atoms with Gasteiger partial charge in [-0.2, -0.15) is 5.26 Å². The van der Waals surface area contributed by atoms with Crippen LogP contribution in [0.25, 0.3) is 0 Å². The molecule has 4 heteroatoms. The number of carbonyl (C=O) groups excluding carboxylic acids is 2. The molecule has 1 aliphatic carbocycles. The van der Waals surface area contributed by atoms with Gasteiger partial charge in [-0.1, -0.05) is 6.42 Å². The molecule has 0 amide bonds. The lowest BCUT2D eigenvalue weighted by Gasteiger charge is -2.32. The average molecular weight is 209 g/mol. The molecule has 15 heavy (non-hydrogen) atoms. The van der Waals surface area contributed by atoms with Crippen molar-refractivity contribution in [3.8, 4) is 6.07 Å². The summed E-state index contributed by atoms with van der Waals surface area (Å²) in [6, 6.07) is 1.98. The molecule has 0 aromatic carbocycles. The summed E-state index contributed by atoms with van der Waals surface area (Å²) in [5.41, 5.74) is -1.03. The SMILES string of the molecule is COC(=O)[C@@]1(CCC#N)CCCCC1=O. The minimum atomic E-state index is -1.03. The van der Waals surface area contributed by atoms with Crippen LogP contribution in [-0.4, -0.2) is 18.9 Å². The maximum Gasteiger partial charge on any atom is 0.319 e. The Morgan fingerprint density at radius 2 is 2.33 bits per heavy atom. The minimum Gasteiger partial charge on any atom is -0.468 e. The van der Waals surface area contributed by atoms with Gasteiger partial charge in [-0.05, 0) is 19.3 Å². The fraction of sp³-hybridized carbons (Fsp3) is 0.727. The summed E-state index contributed by atoms with van der Waals surface area (Å²) >= 11 is 0. The van der Waals surface area contributed by atoms with E-state index in [1.807, 2.05) is 6.07 Å². The first kappa shape index (κ1) is 11.7. The lowest BCUT2D eigenvalue weighted by molar-refractivity contribution is -0.160. The normalized spacial score (nSPS) is 25.7. The van der Waals surface area contributed by atoms with Crippen LogP contribution in [0.1, 0.15) is 38.5 Å². The molecule has 0 bridgehead atoms. The Labute approximate surface area is 89.2 Å². The largest absolute Gasteiger partial charge is 0.468 e. The van der Waals surface area contributed by atoms with Gasteiger partial charge >= 0.3 is 5.97 Å². The number of carbonyl (C=O) groups is 2. The minimum absolute atomic E-state index is 0.0594. The molecule has 0 aliphatic heterocycles. The van der Waals surface area contributed by atoms with Crippen molar-refractivity contribution in [2.24, 2.45) is 5.41 Å². The molecule has 1 rings (SSSR count). The molecule has 0 N–H and O–H groups in total. The van der Waals surface area contributed by atoms with Crippen molar-refractivity contribution in [3.05, 3.63) is 0 Å². The van der Waals surface area contributed by atoms with E-state index in [1.54, 1.807) is 0 Å². The Hall–Kier alpha value is -1.37. The maximum absolute atomic E-state index is 11.8. The van der Waals surface area contributed by atoms with Gasteiger partial charge in [0.05, 0.1) is 13.2 Å². The van der Waals surface area contributed by atoms with Crippen LogP contribution in [0, 0.1) is 16.7 Å². The van der Waals surface area contributed by atoms with Crippen LogP contribution >= 0.6 is 0 Å². The zero-order valence-corrected chi connectivity index (χ0v) is 8.91. The highest BCUT2D eigenvalue weighted by atomic mass is 16.5. The molecular formula is C11H15NO3. The topological polar surface area (TPSA) is 67.2 Å². The number of ketones is 1. The second-order valence-corrected chi connectivity index (χ2v) is 3.86. The molecular weight excluding hydrogens is 194 g/mol. The van der Waals surface area contributed by atoms with Crippen LogP contribution in [0.5, 0.6) is 0 Å². The number of hydrogen-bond donors (Lipinski definition) is 0. The van der Waals surface area contributed by atoms with Crippen molar-refractivity contribution in [2.75, 3.05) is 7.11 Å². The summed E-state index contributed by atoms with van der Waals surface area (Å²) in [7, 11) is 1.29. The number of Topliss-reactive ketones (excluding diaryl/α,β-unsaturated/α-hetero) is 1. The predicted octanol–water partition coefficient (Wildman–Crippen LogP) is 1.59. The van der Waals surface area contributed by atoms with E-state index in [2.05, 4.69) is 0 Å². The Kier molecular flexibility index (Phi) is 3.84. The molecule has 0 radical (unpaired) electrons. The maximum atomic E-state index is 11.8. The van der Waals surface area contributed by atoms with E-state index in [0.717, 1.165) is 12.8 Å². The Balaban J connectivity index is 2.88. The predicted molar refractivity (Wildman–Crippen MR) is 52.8 cm³/mol. The zero-order chi connectivity index (χ0) is 11.3. The fourth-order valence-corrected chi connectivity index (χ4v) is 2.14. The van der Waals surface area contributed by atoms with Crippen LogP contribution in [0.3, 0.4) is 0 Å². The monoisotopic (exact) mass is 209 g/mol. The second-order valence-electron chi connectivity index (χ2n) is 3.86. The smallest absolute Gasteiger partial charge is 0.319 e. The van der Waals surface area contributed by atoms with Gasteiger partial charge in [0.2, 0.25) is 0 Å². The molecule has 0 spiro atoms. The number of esters is 1. The fourth-order valence-electron chi connectivity index (χ4n) is 2.14. The highest BCUT2D eigenvalue weighted by Gasteiger charge is 2.46. The van der Waals surface area contributed by atoms with Crippen molar-refractivity contribution >= 4 is 11.8 Å². The van der Waals surface area contributed by atoms with Crippen LogP contribution < -0.4 is 0 Å². The third-order valence-corrected chi connectivity index (χ3v) is 3.03. The van der Waals surface area contributed by atoms with Gasteiger partial charge in [-0.3, -0.25) is 9.59 Å². The number of nitrogens with zero attached hydrogens (tertiary/aromatic N) is 1. The molecule has 4 nitrogen and oxygen atoms in total. The Morgan fingerprint density at radius 3 is 2.87 bits per heavy atom. The second kappa shape index (κ2) is 4.92. The summed E-state index contributed by atoms with van der Waals surface area (Å²) in [6.45, 7) is 0. The number of rotatable bonds is 3. The van der Waals surface area contributed by atoms with Crippen molar-refractivity contribution in [2.45, 2.75) is 38.5 Å². The van der Waals surface area contributed by atoms with Crippen molar-refractivity contribution in [1.82, 2.24) is 0 Å². The lowest BCUT2D eigenvalue weighted by Crippen LogP contribution is -2.42. The zero-order valence-electron chi connectivity index (χ0n) is 8.91. The first-order valence-corrected chi connectivity index (χ1v) is 5.16. The van der Waals surface area contributed by atoms with Crippen LogP contribution in [0.2, 0.25) is 0 Å². The number of hydrogen-bond acceptors (Lipinski definition) is 4. The summed E-state index contributed by atoms with van der Waals surface area (Å²) in [6.07, 6.45) is 3.17. The quantitative estimate of drug-likeness (QED) is 0.523. The van der Waals surface area contributed by atoms with Crippen molar-refractivity contribution in [3.63, 3.8) is 0 Å². The van der Waals surface area contributed by atoms with Crippen LogP contribution in [0.15, 0.2) is 0 Å². The van der Waals surface area contributed by atoms with E-state index in [0.29, 0.717) is 19.3 Å². The van der Waals surface area contributed by atoms with Gasteiger partial charge in [0, 0.05) is 12.8 Å². The molecule has 0 aromatic heterocycles. The lowest BCUT2D eigenvalue weighted by atomic mass is 9.70. The van der Waals surface area contributed by atoms with E-state index >= 15 is 0 Å². The summed E-state index contributed by atoms with van der Waals surface area (Å²) in [5, 5.41) is 8.54. The van der Waals surface area contributed by atoms with E-state index in [4.69, 9.17) is 10.00 Å². The molecule has 0 unspecified atom stereocenters. The summed E-state index contributed by atoms with van der Waals surface area (Å²) in [4.78, 5) is 23.5. The first-order chi connectivity index (χ1) is 7.17. The summed E-state index contributed by atoms with van der Waals surface area (Å²) in [5.74, 6) is -0.529. The van der Waals surface area contributed by atoms with Gasteiger partial charge in [-0.15, -0.1) is 0 Å². The number of nitriles is 1. The summed E-state index contributed by atoms with van der Waals surface area (Å²) < 4.78 is 4.69. The Morgan fingerprint density at radius 1 is 1.60 bits per heavy atom. The van der Waals surface area contributed by atoms with Gasteiger partial charge in [0.25, 0.3) is 0 Å². The molecule has 82 valence electrons. The third-order valence-electron chi connectivity index (χ3n) is 3.03. The standard InChI is InChI=1S/C11H15NO3/c1-15-10(14)11(7-4-8-12)6-3-2-5-9(11)13/h2-7H2,1H3/t11-/m1/s1. The van der Waals surface area contributed by atoms with Gasteiger partial charge < -0.3 is 4.74 Å². The van der Waals surface area contributed by atoms with E-state index in [9.17, 15) is 9.59 Å². The molecule has 0 heterocycles. The molecule has 0 saturated heterocycles. The highest BCUT2D eigenvalue weighted by Crippen LogP contribution is 2.38. The molecule has 1 atom stereocenters.